The zero-order valence-corrected chi connectivity index (χ0v) is 11.3. The van der Waals surface area contributed by atoms with Crippen LogP contribution < -0.4 is 10.5 Å². The lowest BCUT2D eigenvalue weighted by Gasteiger charge is -2.07. The predicted octanol–water partition coefficient (Wildman–Crippen LogP) is 0.823. The number of hydrogen-bond acceptors (Lipinski definition) is 5. The topological polar surface area (TPSA) is 148 Å². The fourth-order valence-corrected chi connectivity index (χ4v) is 2.32. The number of carbonyl (C=O) groups is 1. The Kier molecular flexibility index (Phi) is 3.74. The van der Waals surface area contributed by atoms with Crippen molar-refractivity contribution in [1.82, 2.24) is 4.98 Å². The average molecular weight is 310 g/mol. The summed E-state index contributed by atoms with van der Waals surface area (Å²) < 4.78 is 22.8. The SMILES string of the molecule is NS(=O)(=O)c1ccccc1NC(=O)c1ccc([N+](=O)[O-])[nH]1. The number of anilines is 1. The lowest BCUT2D eigenvalue weighted by Crippen LogP contribution is -2.18. The Labute approximate surface area is 119 Å². The van der Waals surface area contributed by atoms with Crippen LogP contribution >= 0.6 is 0 Å². The monoisotopic (exact) mass is 310 g/mol. The average Bonchev–Trinajstić information content (AvgIpc) is 2.88. The van der Waals surface area contributed by atoms with Crippen LogP contribution in [0.15, 0.2) is 41.3 Å². The summed E-state index contributed by atoms with van der Waals surface area (Å²) in [5, 5.41) is 17.9. The van der Waals surface area contributed by atoms with E-state index in [1.807, 2.05) is 0 Å². The second kappa shape index (κ2) is 5.34. The van der Waals surface area contributed by atoms with E-state index in [4.69, 9.17) is 5.14 Å². The molecule has 1 heterocycles. The van der Waals surface area contributed by atoms with E-state index in [1.165, 1.54) is 30.3 Å². The van der Waals surface area contributed by atoms with Gasteiger partial charge in [-0.15, -0.1) is 0 Å². The Morgan fingerprint density at radius 1 is 1.24 bits per heavy atom. The Balaban J connectivity index is 2.30. The molecule has 0 unspecified atom stereocenters. The number of sulfonamides is 1. The van der Waals surface area contributed by atoms with Gasteiger partial charge in [-0.25, -0.2) is 18.5 Å². The number of carbonyl (C=O) groups excluding carboxylic acids is 1. The third-order valence-electron chi connectivity index (χ3n) is 2.55. The van der Waals surface area contributed by atoms with E-state index in [0.717, 1.165) is 6.07 Å². The number of hydrogen-bond donors (Lipinski definition) is 3. The molecular weight excluding hydrogens is 300 g/mol. The summed E-state index contributed by atoms with van der Waals surface area (Å²) in [5.74, 6) is -1.07. The lowest BCUT2D eigenvalue weighted by molar-refractivity contribution is -0.389. The molecule has 0 fully saturated rings. The molecular formula is C11H10N4O5S. The van der Waals surface area contributed by atoms with E-state index in [-0.39, 0.29) is 22.1 Å². The Bertz CT molecular complexity index is 812. The number of nitro groups is 1. The largest absolute Gasteiger partial charge is 0.358 e. The summed E-state index contributed by atoms with van der Waals surface area (Å²) in [5.41, 5.74) is -0.0897. The number of nitrogens with one attached hydrogen (secondary N) is 2. The summed E-state index contributed by atoms with van der Waals surface area (Å²) in [6, 6.07) is 7.90. The highest BCUT2D eigenvalue weighted by Crippen LogP contribution is 2.20. The van der Waals surface area contributed by atoms with Crippen LogP contribution in [0.4, 0.5) is 11.5 Å². The number of H-pyrrole nitrogens is 1. The van der Waals surface area contributed by atoms with Gasteiger partial charge in [-0.2, -0.15) is 0 Å². The molecule has 0 spiro atoms. The van der Waals surface area contributed by atoms with Gasteiger partial charge in [0.05, 0.1) is 5.69 Å². The highest BCUT2D eigenvalue weighted by Gasteiger charge is 2.19. The number of nitrogens with two attached hydrogens (primary N) is 1. The Hall–Kier alpha value is -2.72. The zero-order valence-electron chi connectivity index (χ0n) is 10.4. The first-order chi connectivity index (χ1) is 9.79. The molecule has 1 amide bonds. The van der Waals surface area contributed by atoms with Crippen LogP contribution in [0.2, 0.25) is 0 Å². The molecule has 0 radical (unpaired) electrons. The first-order valence-corrected chi connectivity index (χ1v) is 7.10. The maximum absolute atomic E-state index is 11.9. The van der Waals surface area contributed by atoms with Crippen molar-refractivity contribution in [3.63, 3.8) is 0 Å². The molecule has 0 aliphatic rings. The van der Waals surface area contributed by atoms with E-state index < -0.39 is 20.9 Å². The minimum Gasteiger partial charge on any atom is -0.358 e. The standard InChI is InChI=1S/C11H10N4O5S/c12-21(19,20)9-4-2-1-3-7(9)14-11(16)8-5-6-10(13-8)15(17)18/h1-6,13H,(H,14,16)(H2,12,19,20). The second-order valence-electron chi connectivity index (χ2n) is 4.01. The first kappa shape index (κ1) is 14.7. The number of rotatable bonds is 4. The van der Waals surface area contributed by atoms with E-state index in [2.05, 4.69) is 10.3 Å². The predicted molar refractivity (Wildman–Crippen MR) is 73.2 cm³/mol. The second-order valence-corrected chi connectivity index (χ2v) is 5.54. The molecule has 0 saturated heterocycles. The van der Waals surface area contributed by atoms with E-state index in [0.29, 0.717) is 0 Å². The normalized spacial score (nSPS) is 11.1. The molecule has 2 rings (SSSR count). The van der Waals surface area contributed by atoms with Crippen LogP contribution in [0.1, 0.15) is 10.5 Å². The van der Waals surface area contributed by atoms with Crippen molar-refractivity contribution in [2.75, 3.05) is 5.32 Å². The van der Waals surface area contributed by atoms with Crippen molar-refractivity contribution < 1.29 is 18.1 Å². The number of aromatic nitrogens is 1. The number of aromatic amines is 1. The van der Waals surface area contributed by atoms with Gasteiger partial charge in [-0.1, -0.05) is 12.1 Å². The van der Waals surface area contributed by atoms with Crippen LogP contribution in [-0.4, -0.2) is 24.2 Å². The van der Waals surface area contributed by atoms with Crippen LogP contribution in [0, 0.1) is 10.1 Å². The molecule has 0 aliphatic carbocycles. The fourth-order valence-electron chi connectivity index (χ4n) is 1.63. The van der Waals surface area contributed by atoms with Crippen molar-refractivity contribution in [3.05, 3.63) is 52.2 Å². The molecule has 0 saturated carbocycles. The van der Waals surface area contributed by atoms with Gasteiger partial charge >= 0.3 is 5.82 Å². The third kappa shape index (κ3) is 3.24. The number of nitrogens with zero attached hydrogens (tertiary/aromatic N) is 1. The molecule has 10 heteroatoms. The van der Waals surface area contributed by atoms with Gasteiger partial charge in [0.2, 0.25) is 10.0 Å². The molecule has 0 atom stereocenters. The van der Waals surface area contributed by atoms with Crippen LogP contribution in [0.25, 0.3) is 0 Å². The molecule has 0 bridgehead atoms. The summed E-state index contributed by atoms with van der Waals surface area (Å²) in [7, 11) is -4.00. The van der Waals surface area contributed by atoms with E-state index in [9.17, 15) is 23.3 Å². The van der Waals surface area contributed by atoms with Gasteiger partial charge in [-0.05, 0) is 23.1 Å². The van der Waals surface area contributed by atoms with Gasteiger partial charge in [-0.3, -0.25) is 4.79 Å². The van der Waals surface area contributed by atoms with E-state index >= 15 is 0 Å². The maximum atomic E-state index is 11.9. The van der Waals surface area contributed by atoms with Crippen LogP contribution in [0.5, 0.6) is 0 Å². The van der Waals surface area contributed by atoms with Crippen LogP contribution in [0.3, 0.4) is 0 Å². The van der Waals surface area contributed by atoms with Crippen LogP contribution in [-0.2, 0) is 10.0 Å². The number of benzene rings is 1. The highest BCUT2D eigenvalue weighted by molar-refractivity contribution is 7.89. The first-order valence-electron chi connectivity index (χ1n) is 5.55. The Morgan fingerprint density at radius 3 is 2.48 bits per heavy atom. The number of para-hydroxylation sites is 1. The number of amides is 1. The molecule has 1 aromatic carbocycles. The highest BCUT2D eigenvalue weighted by atomic mass is 32.2. The Morgan fingerprint density at radius 2 is 1.90 bits per heavy atom. The summed E-state index contributed by atoms with van der Waals surface area (Å²) >= 11 is 0. The minimum atomic E-state index is -4.00. The zero-order chi connectivity index (χ0) is 15.6. The third-order valence-corrected chi connectivity index (χ3v) is 3.52. The molecule has 1 aromatic heterocycles. The van der Waals surface area contributed by atoms with Gasteiger partial charge in [0.25, 0.3) is 5.91 Å². The summed E-state index contributed by atoms with van der Waals surface area (Å²) in [4.78, 5) is 23.8. The number of primary sulfonamides is 1. The minimum absolute atomic E-state index is 0.0118. The smallest absolute Gasteiger partial charge is 0.321 e. The molecule has 0 aliphatic heterocycles. The molecule has 2 aromatic rings. The lowest BCUT2D eigenvalue weighted by atomic mass is 10.3. The van der Waals surface area contributed by atoms with Gasteiger partial charge in [0, 0.05) is 6.07 Å². The fraction of sp³-hybridized carbons (Fsp3) is 0. The van der Waals surface area contributed by atoms with Crippen molar-refractivity contribution in [1.29, 1.82) is 0 Å². The quantitative estimate of drug-likeness (QED) is 0.564. The van der Waals surface area contributed by atoms with Gasteiger partial charge < -0.3 is 15.4 Å². The van der Waals surface area contributed by atoms with Crippen molar-refractivity contribution in [2.45, 2.75) is 4.90 Å². The van der Waals surface area contributed by atoms with E-state index in [1.54, 1.807) is 0 Å². The van der Waals surface area contributed by atoms with Gasteiger partial charge in [0.15, 0.2) is 5.69 Å². The van der Waals surface area contributed by atoms with Gasteiger partial charge in [0.1, 0.15) is 4.90 Å². The maximum Gasteiger partial charge on any atom is 0.321 e. The summed E-state index contributed by atoms with van der Waals surface area (Å²) in [6.07, 6.45) is 0. The summed E-state index contributed by atoms with van der Waals surface area (Å²) in [6.45, 7) is 0. The van der Waals surface area contributed by atoms with Crippen molar-refractivity contribution >= 4 is 27.4 Å². The molecule has 9 nitrogen and oxygen atoms in total. The molecule has 21 heavy (non-hydrogen) atoms. The molecule has 4 N–H and O–H groups in total. The van der Waals surface area contributed by atoms with Crippen molar-refractivity contribution in [3.8, 4) is 0 Å². The molecule has 110 valence electrons. The van der Waals surface area contributed by atoms with Crippen molar-refractivity contribution in [2.24, 2.45) is 5.14 Å².